The van der Waals surface area contributed by atoms with Crippen LogP contribution in [-0.4, -0.2) is 20.1 Å². The van der Waals surface area contributed by atoms with E-state index in [1.165, 1.54) is 7.11 Å². The maximum Gasteiger partial charge on any atom is 0.251 e. The lowest BCUT2D eigenvalue weighted by molar-refractivity contribution is 0.0951. The van der Waals surface area contributed by atoms with Crippen LogP contribution in [0.15, 0.2) is 42.5 Å². The zero-order valence-electron chi connectivity index (χ0n) is 11.9. The number of methoxy groups -OCH3 is 2. The molecular weight excluding hydrogens is 290 g/mol. The lowest BCUT2D eigenvalue weighted by Gasteiger charge is -2.08. The van der Waals surface area contributed by atoms with E-state index in [9.17, 15) is 4.79 Å². The molecule has 1 N–H and O–H groups in total. The first-order valence-corrected chi connectivity index (χ1v) is 6.76. The van der Waals surface area contributed by atoms with Gasteiger partial charge in [0, 0.05) is 12.1 Å². The Bertz CT molecular complexity index is 626. The summed E-state index contributed by atoms with van der Waals surface area (Å²) in [5.74, 6) is 1.14. The molecule has 0 aliphatic heterocycles. The van der Waals surface area contributed by atoms with E-state index in [4.69, 9.17) is 21.1 Å². The molecule has 0 unspecified atom stereocenters. The molecule has 0 fully saturated rings. The van der Waals surface area contributed by atoms with Crippen LogP contribution in [0.25, 0.3) is 0 Å². The lowest BCUT2D eigenvalue weighted by Crippen LogP contribution is -2.22. The molecule has 2 aromatic carbocycles. The highest BCUT2D eigenvalue weighted by Crippen LogP contribution is 2.24. The van der Waals surface area contributed by atoms with Crippen molar-refractivity contribution < 1.29 is 14.3 Å². The van der Waals surface area contributed by atoms with Gasteiger partial charge in [0.05, 0.1) is 19.2 Å². The number of benzene rings is 2. The van der Waals surface area contributed by atoms with E-state index >= 15 is 0 Å². The summed E-state index contributed by atoms with van der Waals surface area (Å²) < 4.78 is 10.1. The van der Waals surface area contributed by atoms with Crippen molar-refractivity contribution in [1.29, 1.82) is 0 Å². The molecule has 0 aliphatic carbocycles. The quantitative estimate of drug-likeness (QED) is 0.922. The molecule has 0 saturated heterocycles. The van der Waals surface area contributed by atoms with E-state index in [1.807, 2.05) is 24.3 Å². The predicted octanol–water partition coefficient (Wildman–Crippen LogP) is 3.29. The SMILES string of the molecule is COc1ccc(CNC(=O)c2ccc(OC)c(Cl)c2)cc1. The van der Waals surface area contributed by atoms with Crippen molar-refractivity contribution >= 4 is 17.5 Å². The number of amides is 1. The first-order chi connectivity index (χ1) is 10.1. The third-order valence-corrected chi connectivity index (χ3v) is 3.32. The Morgan fingerprint density at radius 1 is 1.10 bits per heavy atom. The largest absolute Gasteiger partial charge is 0.497 e. The molecule has 0 atom stereocenters. The molecule has 0 bridgehead atoms. The maximum absolute atomic E-state index is 12.1. The zero-order valence-corrected chi connectivity index (χ0v) is 12.6. The second-order valence-corrected chi connectivity index (χ2v) is 4.79. The topological polar surface area (TPSA) is 47.6 Å². The van der Waals surface area contributed by atoms with Gasteiger partial charge in [-0.2, -0.15) is 0 Å². The number of hydrogen-bond donors (Lipinski definition) is 1. The van der Waals surface area contributed by atoms with E-state index in [2.05, 4.69) is 5.32 Å². The number of rotatable bonds is 5. The summed E-state index contributed by atoms with van der Waals surface area (Å²) in [7, 11) is 3.15. The average Bonchev–Trinajstić information content (AvgIpc) is 2.53. The Hall–Kier alpha value is -2.20. The van der Waals surface area contributed by atoms with Gasteiger partial charge in [0.15, 0.2) is 0 Å². The van der Waals surface area contributed by atoms with Gasteiger partial charge in [0.25, 0.3) is 5.91 Å². The molecule has 0 heterocycles. The zero-order chi connectivity index (χ0) is 15.2. The fraction of sp³-hybridized carbons (Fsp3) is 0.188. The van der Waals surface area contributed by atoms with E-state index in [-0.39, 0.29) is 5.91 Å². The van der Waals surface area contributed by atoms with Gasteiger partial charge in [0.2, 0.25) is 0 Å². The van der Waals surface area contributed by atoms with Crippen LogP contribution < -0.4 is 14.8 Å². The van der Waals surface area contributed by atoms with Crippen molar-refractivity contribution in [3.8, 4) is 11.5 Å². The highest BCUT2D eigenvalue weighted by atomic mass is 35.5. The van der Waals surface area contributed by atoms with Crippen molar-refractivity contribution in [3.05, 3.63) is 58.6 Å². The number of carbonyl (C=O) groups is 1. The van der Waals surface area contributed by atoms with Crippen LogP contribution in [0.2, 0.25) is 5.02 Å². The summed E-state index contributed by atoms with van der Waals surface area (Å²) in [5.41, 5.74) is 1.48. The second kappa shape index (κ2) is 6.99. The Labute approximate surface area is 128 Å². The van der Waals surface area contributed by atoms with Gasteiger partial charge in [-0.25, -0.2) is 0 Å². The fourth-order valence-electron chi connectivity index (χ4n) is 1.84. The molecule has 2 rings (SSSR count). The molecule has 5 heteroatoms. The standard InChI is InChI=1S/C16H16ClNO3/c1-20-13-6-3-11(4-7-13)10-18-16(19)12-5-8-15(21-2)14(17)9-12/h3-9H,10H2,1-2H3,(H,18,19). The number of nitrogens with one attached hydrogen (secondary N) is 1. The molecule has 0 aromatic heterocycles. The Balaban J connectivity index is 1.99. The second-order valence-electron chi connectivity index (χ2n) is 4.38. The van der Waals surface area contributed by atoms with Crippen LogP contribution in [0.5, 0.6) is 11.5 Å². The first kappa shape index (κ1) is 15.2. The molecule has 21 heavy (non-hydrogen) atoms. The Morgan fingerprint density at radius 3 is 2.38 bits per heavy atom. The van der Waals surface area contributed by atoms with Crippen molar-refractivity contribution in [3.63, 3.8) is 0 Å². The van der Waals surface area contributed by atoms with Crippen LogP contribution in [0.3, 0.4) is 0 Å². The summed E-state index contributed by atoms with van der Waals surface area (Å²) in [6, 6.07) is 12.4. The van der Waals surface area contributed by atoms with Gasteiger partial charge in [-0.15, -0.1) is 0 Å². The van der Waals surface area contributed by atoms with Gasteiger partial charge in [-0.1, -0.05) is 23.7 Å². The highest BCUT2D eigenvalue weighted by molar-refractivity contribution is 6.32. The van der Waals surface area contributed by atoms with Gasteiger partial charge < -0.3 is 14.8 Å². The molecule has 0 radical (unpaired) electrons. The van der Waals surface area contributed by atoms with E-state index in [0.717, 1.165) is 11.3 Å². The summed E-state index contributed by atoms with van der Waals surface area (Å²) in [5, 5.41) is 3.25. The average molecular weight is 306 g/mol. The number of halogens is 1. The van der Waals surface area contributed by atoms with Crippen molar-refractivity contribution in [2.45, 2.75) is 6.54 Å². The predicted molar refractivity (Wildman–Crippen MR) is 82.2 cm³/mol. The monoisotopic (exact) mass is 305 g/mol. The summed E-state index contributed by atoms with van der Waals surface area (Å²) in [6.45, 7) is 0.437. The van der Waals surface area contributed by atoms with Crippen LogP contribution >= 0.6 is 11.6 Å². The van der Waals surface area contributed by atoms with Crippen molar-refractivity contribution in [2.75, 3.05) is 14.2 Å². The van der Waals surface area contributed by atoms with Crippen LogP contribution in [0, 0.1) is 0 Å². The lowest BCUT2D eigenvalue weighted by atomic mass is 10.2. The molecular formula is C16H16ClNO3. The minimum atomic E-state index is -0.185. The summed E-state index contributed by atoms with van der Waals surface area (Å²) >= 11 is 6.01. The molecule has 4 nitrogen and oxygen atoms in total. The van der Waals surface area contributed by atoms with E-state index < -0.39 is 0 Å². The summed E-state index contributed by atoms with van der Waals surface area (Å²) in [4.78, 5) is 12.1. The minimum absolute atomic E-state index is 0.185. The minimum Gasteiger partial charge on any atom is -0.497 e. The molecule has 2 aromatic rings. The molecule has 0 aliphatic rings. The smallest absolute Gasteiger partial charge is 0.251 e. The Morgan fingerprint density at radius 2 is 1.81 bits per heavy atom. The molecule has 1 amide bonds. The van der Waals surface area contributed by atoms with Crippen LogP contribution in [0.1, 0.15) is 15.9 Å². The third kappa shape index (κ3) is 3.89. The van der Waals surface area contributed by atoms with E-state index in [0.29, 0.717) is 22.9 Å². The van der Waals surface area contributed by atoms with Gasteiger partial charge >= 0.3 is 0 Å². The fourth-order valence-corrected chi connectivity index (χ4v) is 2.09. The molecule has 0 spiro atoms. The number of hydrogen-bond acceptors (Lipinski definition) is 3. The van der Waals surface area contributed by atoms with Gasteiger partial charge in [0.1, 0.15) is 11.5 Å². The maximum atomic E-state index is 12.1. The normalized spacial score (nSPS) is 10.0. The molecule has 110 valence electrons. The third-order valence-electron chi connectivity index (χ3n) is 3.03. The van der Waals surface area contributed by atoms with Crippen molar-refractivity contribution in [2.24, 2.45) is 0 Å². The molecule has 0 saturated carbocycles. The Kier molecular flexibility index (Phi) is 5.06. The van der Waals surface area contributed by atoms with Gasteiger partial charge in [-0.05, 0) is 35.9 Å². The number of carbonyl (C=O) groups excluding carboxylic acids is 1. The van der Waals surface area contributed by atoms with Crippen LogP contribution in [-0.2, 0) is 6.54 Å². The van der Waals surface area contributed by atoms with Crippen LogP contribution in [0.4, 0.5) is 0 Å². The first-order valence-electron chi connectivity index (χ1n) is 6.38. The van der Waals surface area contributed by atoms with E-state index in [1.54, 1.807) is 25.3 Å². The summed E-state index contributed by atoms with van der Waals surface area (Å²) in [6.07, 6.45) is 0. The number of ether oxygens (including phenoxy) is 2. The van der Waals surface area contributed by atoms with Crippen molar-refractivity contribution in [1.82, 2.24) is 5.32 Å². The highest BCUT2D eigenvalue weighted by Gasteiger charge is 2.08. The van der Waals surface area contributed by atoms with Gasteiger partial charge in [-0.3, -0.25) is 4.79 Å².